The highest BCUT2D eigenvalue weighted by Gasteiger charge is 2.35. The molecule has 1 atom stereocenters. The van der Waals surface area contributed by atoms with Gasteiger partial charge in [0.2, 0.25) is 0 Å². The van der Waals surface area contributed by atoms with E-state index in [4.69, 9.17) is 9.47 Å². The van der Waals surface area contributed by atoms with Crippen LogP contribution in [-0.4, -0.2) is 47.5 Å². The van der Waals surface area contributed by atoms with Gasteiger partial charge in [0.25, 0.3) is 11.5 Å². The van der Waals surface area contributed by atoms with Crippen molar-refractivity contribution in [2.24, 2.45) is 0 Å². The quantitative estimate of drug-likeness (QED) is 0.793. The van der Waals surface area contributed by atoms with E-state index >= 15 is 0 Å². The first-order chi connectivity index (χ1) is 13.0. The monoisotopic (exact) mass is 370 g/mol. The summed E-state index contributed by atoms with van der Waals surface area (Å²) in [5.74, 6) is -1.98. The molecule has 1 aliphatic rings. The van der Waals surface area contributed by atoms with E-state index in [1.54, 1.807) is 0 Å². The number of ether oxygens (including phenoxy) is 2. The lowest BCUT2D eigenvalue weighted by Gasteiger charge is -2.35. The van der Waals surface area contributed by atoms with Gasteiger partial charge < -0.3 is 19.4 Å². The van der Waals surface area contributed by atoms with Gasteiger partial charge >= 0.3 is 11.9 Å². The number of aromatic amines is 1. The largest absolute Gasteiger partial charge is 0.467 e. The van der Waals surface area contributed by atoms with Gasteiger partial charge in [0.05, 0.1) is 7.11 Å². The third kappa shape index (κ3) is 3.89. The van der Waals surface area contributed by atoms with Crippen LogP contribution in [0.15, 0.2) is 47.4 Å². The number of rotatable bonds is 4. The van der Waals surface area contributed by atoms with E-state index in [1.165, 1.54) is 30.3 Å². The van der Waals surface area contributed by atoms with Crippen molar-refractivity contribution in [3.8, 4) is 0 Å². The number of pyridine rings is 1. The van der Waals surface area contributed by atoms with Crippen molar-refractivity contribution in [1.82, 2.24) is 9.88 Å². The lowest BCUT2D eigenvalue weighted by atomic mass is 9.94. The first-order valence-corrected chi connectivity index (χ1v) is 8.30. The van der Waals surface area contributed by atoms with E-state index in [9.17, 15) is 19.2 Å². The number of amides is 1. The zero-order valence-corrected chi connectivity index (χ0v) is 14.6. The first kappa shape index (κ1) is 18.4. The minimum Gasteiger partial charge on any atom is -0.467 e. The minimum absolute atomic E-state index is 0.196. The van der Waals surface area contributed by atoms with Crippen molar-refractivity contribution >= 4 is 17.8 Å². The molecular formula is C19H18N2O6. The molecule has 0 spiro atoms. The number of carbonyl (C=O) groups excluding carboxylic acids is 3. The lowest BCUT2D eigenvalue weighted by Crippen LogP contribution is -2.50. The molecule has 0 aliphatic carbocycles. The van der Waals surface area contributed by atoms with Crippen LogP contribution in [0.1, 0.15) is 21.5 Å². The van der Waals surface area contributed by atoms with Crippen molar-refractivity contribution < 1.29 is 23.9 Å². The Kier molecular flexibility index (Phi) is 5.35. The number of hydrogen-bond acceptors (Lipinski definition) is 6. The molecule has 1 aromatic carbocycles. The summed E-state index contributed by atoms with van der Waals surface area (Å²) in [7, 11) is 1.26. The smallest absolute Gasteiger partial charge is 0.344 e. The fraction of sp³-hybridized carbons (Fsp3) is 0.263. The van der Waals surface area contributed by atoms with Crippen LogP contribution < -0.4 is 5.56 Å². The Morgan fingerprint density at radius 1 is 1.15 bits per heavy atom. The standard InChI is InChI=1S/C19H18N2O6/c1-26-19(25)15-9-12-5-2-3-6-13(12)10-21(15)16(22)11-27-18(24)14-7-4-8-20-17(14)23/h2-8,15H,9-11H2,1H3,(H,20,23)/t15-/m1/s1. The average molecular weight is 370 g/mol. The van der Waals surface area contributed by atoms with Gasteiger partial charge in [-0.15, -0.1) is 0 Å². The number of H-pyrrole nitrogens is 1. The molecule has 27 heavy (non-hydrogen) atoms. The predicted octanol–water partition coefficient (Wildman–Crippen LogP) is 0.658. The van der Waals surface area contributed by atoms with Gasteiger partial charge in [0.1, 0.15) is 11.6 Å². The molecule has 0 unspecified atom stereocenters. The van der Waals surface area contributed by atoms with E-state index in [-0.39, 0.29) is 12.1 Å². The van der Waals surface area contributed by atoms with Gasteiger partial charge in [-0.05, 0) is 23.3 Å². The molecule has 1 N–H and O–H groups in total. The van der Waals surface area contributed by atoms with Crippen molar-refractivity contribution in [3.05, 3.63) is 69.6 Å². The second-order valence-corrected chi connectivity index (χ2v) is 6.02. The normalized spacial score (nSPS) is 15.6. The Morgan fingerprint density at radius 2 is 1.89 bits per heavy atom. The molecule has 0 fully saturated rings. The Morgan fingerprint density at radius 3 is 2.59 bits per heavy atom. The third-order valence-electron chi connectivity index (χ3n) is 4.41. The molecule has 2 aromatic rings. The SMILES string of the molecule is COC(=O)[C@H]1Cc2ccccc2CN1C(=O)COC(=O)c1ccc[nH]c1=O. The zero-order valence-electron chi connectivity index (χ0n) is 14.6. The molecule has 2 heterocycles. The Bertz CT molecular complexity index is 936. The highest BCUT2D eigenvalue weighted by atomic mass is 16.5. The molecule has 0 radical (unpaired) electrons. The second-order valence-electron chi connectivity index (χ2n) is 6.02. The van der Waals surface area contributed by atoms with Crippen LogP contribution in [0.5, 0.6) is 0 Å². The van der Waals surface area contributed by atoms with Crippen LogP contribution in [-0.2, 0) is 32.0 Å². The topological polar surface area (TPSA) is 106 Å². The number of fused-ring (bicyclic) bond motifs is 1. The van der Waals surface area contributed by atoms with Crippen molar-refractivity contribution in [1.29, 1.82) is 0 Å². The van der Waals surface area contributed by atoms with Gasteiger partial charge in [0, 0.05) is 19.2 Å². The molecule has 1 aliphatic heterocycles. The number of nitrogens with one attached hydrogen (secondary N) is 1. The number of nitrogens with zero attached hydrogens (tertiary/aromatic N) is 1. The van der Waals surface area contributed by atoms with Crippen molar-refractivity contribution in [2.75, 3.05) is 13.7 Å². The maximum atomic E-state index is 12.6. The molecule has 8 heteroatoms. The van der Waals surface area contributed by atoms with Gasteiger partial charge in [-0.3, -0.25) is 9.59 Å². The Labute approximate surface area is 154 Å². The summed E-state index contributed by atoms with van der Waals surface area (Å²) in [6.45, 7) is -0.374. The Hall–Kier alpha value is -3.42. The molecule has 0 bridgehead atoms. The zero-order chi connectivity index (χ0) is 19.4. The van der Waals surface area contributed by atoms with Crippen LogP contribution in [0.3, 0.4) is 0 Å². The number of hydrogen-bond donors (Lipinski definition) is 1. The maximum absolute atomic E-state index is 12.6. The van der Waals surface area contributed by atoms with Gasteiger partial charge in [-0.1, -0.05) is 24.3 Å². The van der Waals surface area contributed by atoms with Gasteiger partial charge in [-0.25, -0.2) is 9.59 Å². The van der Waals surface area contributed by atoms with Crippen LogP contribution >= 0.6 is 0 Å². The first-order valence-electron chi connectivity index (χ1n) is 8.30. The number of aromatic nitrogens is 1. The number of methoxy groups -OCH3 is 1. The molecule has 1 aromatic heterocycles. The molecule has 140 valence electrons. The highest BCUT2D eigenvalue weighted by molar-refractivity contribution is 5.92. The lowest BCUT2D eigenvalue weighted by molar-refractivity contribution is -0.155. The molecule has 0 saturated heterocycles. The summed E-state index contributed by atoms with van der Waals surface area (Å²) in [4.78, 5) is 52.1. The molecular weight excluding hydrogens is 352 g/mol. The summed E-state index contributed by atoms with van der Waals surface area (Å²) in [5.41, 5.74) is 1.08. The van der Waals surface area contributed by atoms with Gasteiger partial charge in [-0.2, -0.15) is 0 Å². The number of benzene rings is 1. The fourth-order valence-corrected chi connectivity index (χ4v) is 3.00. The average Bonchev–Trinajstić information content (AvgIpc) is 2.70. The highest BCUT2D eigenvalue weighted by Crippen LogP contribution is 2.24. The minimum atomic E-state index is -0.905. The fourth-order valence-electron chi connectivity index (χ4n) is 3.00. The van der Waals surface area contributed by atoms with E-state index < -0.39 is 36.1 Å². The van der Waals surface area contributed by atoms with Crippen LogP contribution in [0, 0.1) is 0 Å². The van der Waals surface area contributed by atoms with E-state index in [2.05, 4.69) is 4.98 Å². The summed E-state index contributed by atoms with van der Waals surface area (Å²) in [6.07, 6.45) is 1.71. The molecule has 1 amide bonds. The second kappa shape index (κ2) is 7.86. The summed E-state index contributed by atoms with van der Waals surface area (Å²) >= 11 is 0. The van der Waals surface area contributed by atoms with E-state index in [0.717, 1.165) is 11.1 Å². The Balaban J connectivity index is 1.74. The van der Waals surface area contributed by atoms with Crippen LogP contribution in [0.25, 0.3) is 0 Å². The molecule has 3 rings (SSSR count). The predicted molar refractivity (Wildman–Crippen MR) is 93.8 cm³/mol. The van der Waals surface area contributed by atoms with Crippen molar-refractivity contribution in [3.63, 3.8) is 0 Å². The summed E-state index contributed by atoms with van der Waals surface area (Å²) in [6, 6.07) is 9.48. The maximum Gasteiger partial charge on any atom is 0.344 e. The van der Waals surface area contributed by atoms with E-state index in [0.29, 0.717) is 6.42 Å². The summed E-state index contributed by atoms with van der Waals surface area (Å²) in [5, 5.41) is 0. The molecule has 0 saturated carbocycles. The van der Waals surface area contributed by atoms with Crippen LogP contribution in [0.4, 0.5) is 0 Å². The van der Waals surface area contributed by atoms with Crippen molar-refractivity contribution in [2.45, 2.75) is 19.0 Å². The number of carbonyl (C=O) groups is 3. The van der Waals surface area contributed by atoms with E-state index in [1.807, 2.05) is 24.3 Å². The van der Waals surface area contributed by atoms with Gasteiger partial charge in [0.15, 0.2) is 6.61 Å². The summed E-state index contributed by atoms with van der Waals surface area (Å²) < 4.78 is 9.78. The molecule has 8 nitrogen and oxygen atoms in total. The number of esters is 2. The third-order valence-corrected chi connectivity index (χ3v) is 4.41. The van der Waals surface area contributed by atoms with Crippen LogP contribution in [0.2, 0.25) is 0 Å².